The Kier molecular flexibility index (Phi) is 10.8. The summed E-state index contributed by atoms with van der Waals surface area (Å²) in [4.78, 5) is 46.6. The number of likely N-dealkylation sites (N-methyl/N-ethyl adjacent to an activating group) is 2. The largest absolute Gasteiger partial charge is 0.341 e. The van der Waals surface area contributed by atoms with Crippen LogP contribution < -0.4 is 5.73 Å². The fourth-order valence-corrected chi connectivity index (χ4v) is 6.08. The van der Waals surface area contributed by atoms with Gasteiger partial charge in [0, 0.05) is 37.5 Å². The molecule has 1 aliphatic rings. The molecule has 0 aromatic heterocycles. The number of benzene rings is 3. The lowest BCUT2D eigenvalue weighted by molar-refractivity contribution is -0.146. The second-order valence-corrected chi connectivity index (χ2v) is 13.4. The maximum absolute atomic E-state index is 14.3. The summed E-state index contributed by atoms with van der Waals surface area (Å²) in [5.41, 5.74) is 7.26. The third kappa shape index (κ3) is 8.64. The van der Waals surface area contributed by atoms with E-state index in [4.69, 9.17) is 5.73 Å². The number of Topliss-reactive ketones (excluding diaryl/α,β-unsaturated/α-hetero) is 1. The third-order valence-electron chi connectivity index (χ3n) is 8.72. The first kappa shape index (κ1) is 33.1. The zero-order valence-electron chi connectivity index (χ0n) is 27.0. The van der Waals surface area contributed by atoms with Crippen LogP contribution in [-0.4, -0.2) is 84.7 Å². The van der Waals surface area contributed by atoms with E-state index in [9.17, 15) is 14.4 Å². The molecule has 1 heterocycles. The molecular weight excluding hydrogens is 548 g/mol. The Hall–Kier alpha value is -3.81. The van der Waals surface area contributed by atoms with Gasteiger partial charge in [-0.25, -0.2) is 0 Å². The highest BCUT2D eigenvalue weighted by Gasteiger charge is 2.43. The van der Waals surface area contributed by atoms with Gasteiger partial charge in [0.25, 0.3) is 0 Å². The highest BCUT2D eigenvalue weighted by Crippen LogP contribution is 2.37. The van der Waals surface area contributed by atoms with Gasteiger partial charge in [-0.3, -0.25) is 14.4 Å². The first-order valence-electron chi connectivity index (χ1n) is 15.6. The Bertz CT molecular complexity index is 1470. The van der Waals surface area contributed by atoms with Crippen molar-refractivity contribution in [2.75, 3.05) is 40.8 Å². The number of hydrogen-bond acceptors (Lipinski definition) is 5. The van der Waals surface area contributed by atoms with E-state index in [-0.39, 0.29) is 17.6 Å². The number of likely N-dealkylation sites (tertiary alicyclic amines) is 1. The van der Waals surface area contributed by atoms with Crippen molar-refractivity contribution in [1.82, 2.24) is 14.7 Å². The first-order chi connectivity index (χ1) is 20.9. The van der Waals surface area contributed by atoms with Crippen molar-refractivity contribution in [2.45, 2.75) is 57.5 Å². The molecule has 0 aliphatic carbocycles. The maximum Gasteiger partial charge on any atom is 0.246 e. The average molecular weight is 597 g/mol. The molecule has 44 heavy (non-hydrogen) atoms. The number of ketones is 1. The lowest BCUT2D eigenvalue weighted by Gasteiger charge is -2.43. The number of rotatable bonds is 12. The van der Waals surface area contributed by atoms with Crippen LogP contribution in [-0.2, 0) is 27.2 Å². The fourth-order valence-electron chi connectivity index (χ4n) is 6.08. The fraction of sp³-hybridized carbons (Fsp3) is 0.432. The van der Waals surface area contributed by atoms with Crippen LogP contribution >= 0.6 is 0 Å². The van der Waals surface area contributed by atoms with E-state index in [0.29, 0.717) is 51.7 Å². The highest BCUT2D eigenvalue weighted by molar-refractivity contribution is 5.93. The number of carbonyl (C=O) groups excluding carboxylic acids is 3. The molecule has 3 aromatic carbocycles. The van der Waals surface area contributed by atoms with Crippen LogP contribution in [0.2, 0.25) is 0 Å². The second-order valence-electron chi connectivity index (χ2n) is 13.4. The van der Waals surface area contributed by atoms with Gasteiger partial charge in [-0.05, 0) is 81.6 Å². The molecule has 1 saturated heterocycles. The summed E-state index contributed by atoms with van der Waals surface area (Å²) in [6, 6.07) is 23.8. The maximum atomic E-state index is 14.3. The first-order valence-corrected chi connectivity index (χ1v) is 15.6. The molecule has 2 N–H and O–H groups in total. The highest BCUT2D eigenvalue weighted by atomic mass is 16.2. The summed E-state index contributed by atoms with van der Waals surface area (Å²) in [7, 11) is 5.54. The van der Waals surface area contributed by atoms with Gasteiger partial charge in [0.15, 0.2) is 5.78 Å². The van der Waals surface area contributed by atoms with E-state index in [1.165, 1.54) is 6.08 Å². The smallest absolute Gasteiger partial charge is 0.246 e. The van der Waals surface area contributed by atoms with Crippen molar-refractivity contribution >= 4 is 28.4 Å². The molecule has 0 bridgehead atoms. The zero-order valence-corrected chi connectivity index (χ0v) is 27.0. The van der Waals surface area contributed by atoms with Gasteiger partial charge < -0.3 is 20.4 Å². The van der Waals surface area contributed by atoms with E-state index in [1.807, 2.05) is 74.1 Å². The predicted molar refractivity (Wildman–Crippen MR) is 178 cm³/mol. The molecule has 4 rings (SSSR count). The number of fused-ring (bicyclic) bond motifs is 1. The monoisotopic (exact) mass is 596 g/mol. The number of carbonyl (C=O) groups is 3. The molecular formula is C37H48N4O3. The molecule has 0 unspecified atom stereocenters. The zero-order chi connectivity index (χ0) is 31.9. The van der Waals surface area contributed by atoms with Crippen LogP contribution in [0, 0.1) is 5.41 Å². The van der Waals surface area contributed by atoms with Gasteiger partial charge in [-0.2, -0.15) is 0 Å². The Balaban J connectivity index is 1.57. The Morgan fingerprint density at radius 1 is 0.909 bits per heavy atom. The molecule has 2 amide bonds. The molecule has 0 radical (unpaired) electrons. The number of nitrogens with zero attached hydrogens (tertiary/aromatic N) is 3. The summed E-state index contributed by atoms with van der Waals surface area (Å²) < 4.78 is 0. The molecule has 3 aromatic rings. The van der Waals surface area contributed by atoms with Crippen molar-refractivity contribution in [3.63, 3.8) is 0 Å². The van der Waals surface area contributed by atoms with Crippen LogP contribution in [0.3, 0.4) is 0 Å². The van der Waals surface area contributed by atoms with E-state index in [0.717, 1.165) is 21.9 Å². The Labute approximate surface area is 262 Å². The molecule has 1 atom stereocenters. The molecule has 0 spiro atoms. The minimum absolute atomic E-state index is 0.0880. The second kappa shape index (κ2) is 14.3. The lowest BCUT2D eigenvalue weighted by atomic mass is 9.70. The van der Waals surface area contributed by atoms with Gasteiger partial charge in [-0.1, -0.05) is 78.9 Å². The summed E-state index contributed by atoms with van der Waals surface area (Å²) in [5.74, 6) is -0.105. The molecule has 234 valence electrons. The number of nitrogens with two attached hydrogens (primary N) is 1. The quantitative estimate of drug-likeness (QED) is 0.302. The Morgan fingerprint density at radius 2 is 1.55 bits per heavy atom. The van der Waals surface area contributed by atoms with Gasteiger partial charge in [0.1, 0.15) is 6.04 Å². The van der Waals surface area contributed by atoms with Crippen molar-refractivity contribution in [3.8, 4) is 0 Å². The van der Waals surface area contributed by atoms with Gasteiger partial charge in [-0.15, -0.1) is 0 Å². The van der Waals surface area contributed by atoms with Gasteiger partial charge in [0.05, 0.1) is 6.54 Å². The molecule has 1 fully saturated rings. The number of piperidine rings is 1. The lowest BCUT2D eigenvalue weighted by Crippen LogP contribution is -2.55. The summed E-state index contributed by atoms with van der Waals surface area (Å²) in [5, 5.41) is 2.22. The third-order valence-corrected chi connectivity index (χ3v) is 8.72. The average Bonchev–Trinajstić information content (AvgIpc) is 2.99. The van der Waals surface area contributed by atoms with Gasteiger partial charge in [0.2, 0.25) is 11.8 Å². The Morgan fingerprint density at radius 3 is 2.18 bits per heavy atom. The minimum atomic E-state index is -0.682. The van der Waals surface area contributed by atoms with Crippen molar-refractivity contribution in [1.29, 1.82) is 0 Å². The molecule has 0 saturated carbocycles. The molecule has 1 aliphatic heterocycles. The van der Waals surface area contributed by atoms with Crippen molar-refractivity contribution < 1.29 is 14.4 Å². The van der Waals surface area contributed by atoms with Crippen LogP contribution in [0.25, 0.3) is 10.8 Å². The van der Waals surface area contributed by atoms with Gasteiger partial charge >= 0.3 is 0 Å². The van der Waals surface area contributed by atoms with Crippen LogP contribution in [0.15, 0.2) is 84.9 Å². The van der Waals surface area contributed by atoms with E-state index >= 15 is 0 Å². The minimum Gasteiger partial charge on any atom is -0.341 e. The predicted octanol–water partition coefficient (Wildman–Crippen LogP) is 4.88. The SMILES string of the molecule is CN(C)CC(=O)C1(Cc2ccccc2)CCN(C(=O)[C@@H](Cc2ccc3ccccc3c2)N(C)C(=O)/C=C/CC(C)(C)N)CC1. The normalized spacial score (nSPS) is 15.9. The van der Waals surface area contributed by atoms with Crippen molar-refractivity contribution in [3.05, 3.63) is 96.1 Å². The van der Waals surface area contributed by atoms with Crippen LogP contribution in [0.4, 0.5) is 0 Å². The standard InChI is InChI=1S/C37H48N4O3/c1-36(2,38)19-11-16-34(43)40(5)32(25-29-17-18-30-14-9-10-15-31(30)24-29)35(44)41-22-20-37(21-23-41,33(42)27-39(3)4)26-28-12-7-6-8-13-28/h6-18,24,32H,19-23,25-27,38H2,1-5H3/b16-11+/t32-/m1/s1. The summed E-state index contributed by atoms with van der Waals surface area (Å²) >= 11 is 0. The van der Waals surface area contributed by atoms with Crippen LogP contribution in [0.1, 0.15) is 44.2 Å². The number of amides is 2. The molecule has 7 heteroatoms. The van der Waals surface area contributed by atoms with Crippen LogP contribution in [0.5, 0.6) is 0 Å². The van der Waals surface area contributed by atoms with E-state index in [1.54, 1.807) is 18.0 Å². The summed E-state index contributed by atoms with van der Waals surface area (Å²) in [6.07, 6.45) is 6.09. The van der Waals surface area contributed by atoms with E-state index in [2.05, 4.69) is 36.4 Å². The topological polar surface area (TPSA) is 87.0 Å². The van der Waals surface area contributed by atoms with Crippen molar-refractivity contribution in [2.24, 2.45) is 11.1 Å². The van der Waals surface area contributed by atoms with E-state index < -0.39 is 17.0 Å². The number of hydrogen-bond donors (Lipinski definition) is 1. The summed E-state index contributed by atoms with van der Waals surface area (Å²) in [6.45, 7) is 5.13. The molecule has 7 nitrogen and oxygen atoms in total.